The largest absolute Gasteiger partial charge is 0.496 e. The first-order valence-corrected chi connectivity index (χ1v) is 8.51. The molecule has 1 amide bonds. The third-order valence-electron chi connectivity index (χ3n) is 3.99. The van der Waals surface area contributed by atoms with Crippen LogP contribution in [0.5, 0.6) is 5.75 Å². The number of carbonyl (C=O) groups excluding carboxylic acids is 1. The van der Waals surface area contributed by atoms with Gasteiger partial charge in [0.25, 0.3) is 5.91 Å². The summed E-state index contributed by atoms with van der Waals surface area (Å²) in [5, 5.41) is 12.2. The van der Waals surface area contributed by atoms with Crippen molar-refractivity contribution in [1.29, 1.82) is 0 Å². The van der Waals surface area contributed by atoms with E-state index in [0.717, 1.165) is 11.3 Å². The number of methoxy groups -OCH3 is 1. The minimum atomic E-state index is -0.297. The first kappa shape index (κ1) is 17.9. The van der Waals surface area contributed by atoms with E-state index in [-0.39, 0.29) is 17.6 Å². The Labute approximate surface area is 156 Å². The molecule has 7 heteroatoms. The van der Waals surface area contributed by atoms with Gasteiger partial charge in [-0.15, -0.1) is 5.10 Å². The highest BCUT2D eigenvalue weighted by atomic mass is 35.5. The fraction of sp³-hybridized carbons (Fsp3) is 0.211. The van der Waals surface area contributed by atoms with E-state index < -0.39 is 0 Å². The molecular formula is C19H19ClN4O2. The Morgan fingerprint density at radius 3 is 2.69 bits per heavy atom. The summed E-state index contributed by atoms with van der Waals surface area (Å²) in [7, 11) is 1.61. The molecule has 0 spiro atoms. The number of aryl methyl sites for hydroxylation is 1. The molecule has 1 heterocycles. The second-order valence-corrected chi connectivity index (χ2v) is 6.28. The van der Waals surface area contributed by atoms with E-state index in [1.807, 2.05) is 37.3 Å². The molecule has 26 heavy (non-hydrogen) atoms. The van der Waals surface area contributed by atoms with E-state index in [4.69, 9.17) is 16.3 Å². The normalized spacial score (nSPS) is 11.8. The maximum absolute atomic E-state index is 12.7. The lowest BCUT2D eigenvalue weighted by Gasteiger charge is -2.16. The average Bonchev–Trinajstić information content (AvgIpc) is 3.03. The summed E-state index contributed by atoms with van der Waals surface area (Å²) >= 11 is 6.01. The van der Waals surface area contributed by atoms with Crippen LogP contribution in [0.2, 0.25) is 5.02 Å². The standard InChI is InChI=1S/C19H19ClN4O2/c1-12(16-9-4-5-10-17(16)26-3)21-19(25)18-13(2)22-24(23-18)15-8-6-7-14(20)11-15/h4-12H,1-3H3,(H,21,25)/t12-/m1/s1. The predicted octanol–water partition coefficient (Wildman–Crippen LogP) is 3.73. The Hall–Kier alpha value is -2.86. The van der Waals surface area contributed by atoms with Crippen LogP contribution in [0.15, 0.2) is 48.5 Å². The zero-order valence-corrected chi connectivity index (χ0v) is 15.5. The molecule has 6 nitrogen and oxygen atoms in total. The molecule has 2 aromatic carbocycles. The minimum Gasteiger partial charge on any atom is -0.496 e. The molecule has 0 bridgehead atoms. The number of ether oxygens (including phenoxy) is 1. The van der Waals surface area contributed by atoms with Crippen LogP contribution in [0.25, 0.3) is 5.69 Å². The van der Waals surface area contributed by atoms with E-state index in [2.05, 4.69) is 15.5 Å². The number of carbonyl (C=O) groups is 1. The van der Waals surface area contributed by atoms with Gasteiger partial charge in [0.1, 0.15) is 5.75 Å². The maximum Gasteiger partial charge on any atom is 0.274 e. The number of para-hydroxylation sites is 1. The molecule has 134 valence electrons. The number of amides is 1. The third-order valence-corrected chi connectivity index (χ3v) is 4.22. The van der Waals surface area contributed by atoms with Crippen LogP contribution in [0, 0.1) is 6.92 Å². The number of hydrogen-bond donors (Lipinski definition) is 1. The van der Waals surface area contributed by atoms with Gasteiger partial charge in [-0.2, -0.15) is 9.90 Å². The highest BCUT2D eigenvalue weighted by molar-refractivity contribution is 6.30. The number of nitrogens with zero attached hydrogens (tertiary/aromatic N) is 3. The van der Waals surface area contributed by atoms with Crippen molar-refractivity contribution in [2.24, 2.45) is 0 Å². The van der Waals surface area contributed by atoms with Crippen LogP contribution in [-0.2, 0) is 0 Å². The van der Waals surface area contributed by atoms with Gasteiger partial charge in [-0.3, -0.25) is 4.79 Å². The number of hydrogen-bond acceptors (Lipinski definition) is 4. The molecule has 0 aliphatic rings. The Morgan fingerprint density at radius 2 is 1.96 bits per heavy atom. The van der Waals surface area contributed by atoms with Crippen LogP contribution in [0.3, 0.4) is 0 Å². The molecule has 0 aliphatic carbocycles. The maximum atomic E-state index is 12.7. The molecule has 3 aromatic rings. The first-order valence-electron chi connectivity index (χ1n) is 8.13. The molecule has 1 N–H and O–H groups in total. The van der Waals surface area contributed by atoms with Crippen LogP contribution in [0.1, 0.15) is 34.7 Å². The van der Waals surface area contributed by atoms with Gasteiger partial charge in [0.15, 0.2) is 5.69 Å². The molecule has 1 aromatic heterocycles. The highest BCUT2D eigenvalue weighted by Gasteiger charge is 2.20. The molecule has 0 radical (unpaired) electrons. The molecule has 0 unspecified atom stereocenters. The Bertz CT molecular complexity index is 939. The number of aromatic nitrogens is 3. The van der Waals surface area contributed by atoms with Gasteiger partial charge < -0.3 is 10.1 Å². The monoisotopic (exact) mass is 370 g/mol. The summed E-state index contributed by atoms with van der Waals surface area (Å²) in [5.74, 6) is 0.425. The smallest absolute Gasteiger partial charge is 0.274 e. The summed E-state index contributed by atoms with van der Waals surface area (Å²) in [6.45, 7) is 3.64. The molecule has 3 rings (SSSR count). The van der Waals surface area contributed by atoms with Crippen molar-refractivity contribution in [3.63, 3.8) is 0 Å². The lowest BCUT2D eigenvalue weighted by Crippen LogP contribution is -2.28. The van der Waals surface area contributed by atoms with Crippen molar-refractivity contribution in [3.8, 4) is 11.4 Å². The van der Waals surface area contributed by atoms with Crippen LogP contribution in [0.4, 0.5) is 0 Å². The number of halogens is 1. The predicted molar refractivity (Wildman–Crippen MR) is 100.0 cm³/mol. The topological polar surface area (TPSA) is 69.0 Å². The van der Waals surface area contributed by atoms with E-state index in [9.17, 15) is 4.79 Å². The van der Waals surface area contributed by atoms with Crippen LogP contribution in [-0.4, -0.2) is 28.0 Å². The lowest BCUT2D eigenvalue weighted by atomic mass is 10.1. The SMILES string of the molecule is COc1ccccc1[C@@H](C)NC(=O)c1nn(-c2cccc(Cl)c2)nc1C. The Balaban J connectivity index is 1.82. The van der Waals surface area contributed by atoms with E-state index in [1.54, 1.807) is 32.2 Å². The van der Waals surface area contributed by atoms with Gasteiger partial charge in [0.05, 0.1) is 24.5 Å². The number of nitrogens with one attached hydrogen (secondary N) is 1. The lowest BCUT2D eigenvalue weighted by molar-refractivity contribution is 0.0933. The van der Waals surface area contributed by atoms with E-state index in [0.29, 0.717) is 16.4 Å². The molecule has 0 saturated carbocycles. The van der Waals surface area contributed by atoms with Crippen molar-refractivity contribution >= 4 is 17.5 Å². The van der Waals surface area contributed by atoms with Gasteiger partial charge >= 0.3 is 0 Å². The minimum absolute atomic E-state index is 0.241. The first-order chi connectivity index (χ1) is 12.5. The van der Waals surface area contributed by atoms with Crippen LogP contribution < -0.4 is 10.1 Å². The van der Waals surface area contributed by atoms with Gasteiger partial charge in [-0.25, -0.2) is 0 Å². The quantitative estimate of drug-likeness (QED) is 0.743. The molecule has 1 atom stereocenters. The second kappa shape index (κ2) is 7.58. The Kier molecular flexibility index (Phi) is 5.23. The zero-order chi connectivity index (χ0) is 18.7. The second-order valence-electron chi connectivity index (χ2n) is 5.84. The average molecular weight is 371 g/mol. The van der Waals surface area contributed by atoms with Gasteiger partial charge in [-0.05, 0) is 38.1 Å². The summed E-state index contributed by atoms with van der Waals surface area (Å²) < 4.78 is 5.35. The summed E-state index contributed by atoms with van der Waals surface area (Å²) in [5.41, 5.74) is 2.39. The molecular weight excluding hydrogens is 352 g/mol. The molecule has 0 fully saturated rings. The van der Waals surface area contributed by atoms with Gasteiger partial charge in [-0.1, -0.05) is 35.9 Å². The van der Waals surface area contributed by atoms with E-state index in [1.165, 1.54) is 4.80 Å². The summed E-state index contributed by atoms with van der Waals surface area (Å²) in [4.78, 5) is 14.1. The fourth-order valence-electron chi connectivity index (χ4n) is 2.67. The highest BCUT2D eigenvalue weighted by Crippen LogP contribution is 2.24. The van der Waals surface area contributed by atoms with Crippen LogP contribution >= 0.6 is 11.6 Å². The Morgan fingerprint density at radius 1 is 1.19 bits per heavy atom. The van der Waals surface area contributed by atoms with Crippen molar-refractivity contribution in [2.75, 3.05) is 7.11 Å². The fourth-order valence-corrected chi connectivity index (χ4v) is 2.86. The number of rotatable bonds is 5. The molecule has 0 saturated heterocycles. The number of benzene rings is 2. The molecule has 0 aliphatic heterocycles. The van der Waals surface area contributed by atoms with Crippen molar-refractivity contribution in [3.05, 3.63) is 70.5 Å². The van der Waals surface area contributed by atoms with Gasteiger partial charge in [0.2, 0.25) is 0 Å². The van der Waals surface area contributed by atoms with Gasteiger partial charge in [0, 0.05) is 10.6 Å². The van der Waals surface area contributed by atoms with Crippen molar-refractivity contribution in [1.82, 2.24) is 20.3 Å². The summed E-state index contributed by atoms with van der Waals surface area (Å²) in [6.07, 6.45) is 0. The van der Waals surface area contributed by atoms with Crippen molar-refractivity contribution in [2.45, 2.75) is 19.9 Å². The summed E-state index contributed by atoms with van der Waals surface area (Å²) in [6, 6.07) is 14.5. The zero-order valence-electron chi connectivity index (χ0n) is 14.7. The van der Waals surface area contributed by atoms with Crippen molar-refractivity contribution < 1.29 is 9.53 Å². The third kappa shape index (κ3) is 3.70. The van der Waals surface area contributed by atoms with E-state index >= 15 is 0 Å².